The first-order valence-corrected chi connectivity index (χ1v) is 5.96. The Morgan fingerprint density at radius 1 is 1.05 bits per heavy atom. The molecule has 1 N–H and O–H groups in total. The van der Waals surface area contributed by atoms with Crippen molar-refractivity contribution in [1.29, 1.82) is 5.26 Å². The van der Waals surface area contributed by atoms with Gasteiger partial charge >= 0.3 is 5.97 Å². The van der Waals surface area contributed by atoms with Gasteiger partial charge in [0.1, 0.15) is 0 Å². The minimum absolute atomic E-state index is 0.0932. The molecule has 98 valence electrons. The maximum absolute atomic E-state index is 12.1. The van der Waals surface area contributed by atoms with E-state index in [1.54, 1.807) is 36.4 Å². The molecule has 2 aromatic carbocycles. The number of rotatable bonds is 4. The minimum Gasteiger partial charge on any atom is -0.478 e. The van der Waals surface area contributed by atoms with Crippen molar-refractivity contribution in [2.45, 2.75) is 6.42 Å². The van der Waals surface area contributed by atoms with Gasteiger partial charge in [-0.25, -0.2) is 4.79 Å². The monoisotopic (exact) mass is 265 g/mol. The lowest BCUT2D eigenvalue weighted by Gasteiger charge is -2.03. The van der Waals surface area contributed by atoms with E-state index in [-0.39, 0.29) is 17.8 Å². The van der Waals surface area contributed by atoms with Gasteiger partial charge in [-0.3, -0.25) is 4.79 Å². The number of nitriles is 1. The van der Waals surface area contributed by atoms with E-state index in [0.29, 0.717) is 11.1 Å². The number of carboxylic acid groups (broad SMARTS) is 1. The number of benzene rings is 2. The Labute approximate surface area is 115 Å². The lowest BCUT2D eigenvalue weighted by atomic mass is 10.0. The molecule has 0 aliphatic carbocycles. The molecule has 0 radical (unpaired) electrons. The summed E-state index contributed by atoms with van der Waals surface area (Å²) in [5.74, 6) is -1.21. The molecule has 0 saturated carbocycles. The van der Waals surface area contributed by atoms with Gasteiger partial charge in [-0.05, 0) is 29.8 Å². The number of Topliss-reactive ketones (excluding diaryl/α,β-unsaturated/α-hetero) is 1. The van der Waals surface area contributed by atoms with Gasteiger partial charge in [0.15, 0.2) is 5.78 Å². The summed E-state index contributed by atoms with van der Waals surface area (Å²) in [6.07, 6.45) is 0.175. The second-order valence-corrected chi connectivity index (χ2v) is 4.29. The maximum Gasteiger partial charge on any atom is 0.335 e. The Bertz CT molecular complexity index is 696. The van der Waals surface area contributed by atoms with Gasteiger partial charge in [-0.1, -0.05) is 24.3 Å². The number of ketones is 1. The average Bonchev–Trinajstić information content (AvgIpc) is 2.48. The molecule has 0 aliphatic rings. The van der Waals surface area contributed by atoms with Gasteiger partial charge in [-0.15, -0.1) is 0 Å². The first kappa shape index (κ1) is 13.5. The second kappa shape index (κ2) is 5.81. The molecule has 0 amide bonds. The molecule has 0 unspecified atom stereocenters. The summed E-state index contributed by atoms with van der Waals surface area (Å²) in [6.45, 7) is 0. The zero-order chi connectivity index (χ0) is 14.5. The molecule has 0 aromatic heterocycles. The third kappa shape index (κ3) is 3.09. The molecule has 4 heteroatoms. The highest BCUT2D eigenvalue weighted by atomic mass is 16.4. The first-order chi connectivity index (χ1) is 9.60. The minimum atomic E-state index is -1.06. The molecule has 4 nitrogen and oxygen atoms in total. The van der Waals surface area contributed by atoms with Crippen LogP contribution in [0.25, 0.3) is 0 Å². The van der Waals surface area contributed by atoms with Crippen LogP contribution in [0.4, 0.5) is 0 Å². The Balaban J connectivity index is 2.17. The van der Waals surface area contributed by atoms with Crippen LogP contribution in [0.5, 0.6) is 0 Å². The molecule has 0 spiro atoms. The molecule has 0 atom stereocenters. The highest BCUT2D eigenvalue weighted by molar-refractivity contribution is 5.99. The Morgan fingerprint density at radius 3 is 2.30 bits per heavy atom. The second-order valence-electron chi connectivity index (χ2n) is 4.29. The summed E-state index contributed by atoms with van der Waals surface area (Å²) in [7, 11) is 0. The molecule has 0 bridgehead atoms. The number of nitrogens with zero attached hydrogens (tertiary/aromatic N) is 1. The van der Waals surface area contributed by atoms with E-state index in [1.807, 2.05) is 6.07 Å². The van der Waals surface area contributed by atoms with Gasteiger partial charge in [0, 0.05) is 12.0 Å². The van der Waals surface area contributed by atoms with Gasteiger partial charge in [0.05, 0.1) is 17.2 Å². The van der Waals surface area contributed by atoms with Crippen molar-refractivity contribution in [3.8, 4) is 6.07 Å². The molecule has 0 saturated heterocycles. The zero-order valence-corrected chi connectivity index (χ0v) is 10.5. The van der Waals surface area contributed by atoms with Gasteiger partial charge in [-0.2, -0.15) is 5.26 Å². The third-order valence-electron chi connectivity index (χ3n) is 2.88. The molecule has 20 heavy (non-hydrogen) atoms. The molecule has 2 aromatic rings. The number of carbonyl (C=O) groups excluding carboxylic acids is 1. The summed E-state index contributed by atoms with van der Waals surface area (Å²) < 4.78 is 0. The highest BCUT2D eigenvalue weighted by Gasteiger charge is 2.10. The lowest BCUT2D eigenvalue weighted by Crippen LogP contribution is -2.05. The average molecular weight is 265 g/mol. The molecular formula is C16H11NO3. The van der Waals surface area contributed by atoms with Crippen LogP contribution >= 0.6 is 0 Å². The van der Waals surface area contributed by atoms with Crippen molar-refractivity contribution in [1.82, 2.24) is 0 Å². The quantitative estimate of drug-likeness (QED) is 0.862. The Hall–Kier alpha value is -2.93. The number of carboxylic acids is 1. The zero-order valence-electron chi connectivity index (χ0n) is 10.5. The van der Waals surface area contributed by atoms with E-state index >= 15 is 0 Å². The first-order valence-electron chi connectivity index (χ1n) is 5.96. The Morgan fingerprint density at radius 2 is 1.70 bits per heavy atom. The molecule has 0 aliphatic heterocycles. The predicted molar refractivity (Wildman–Crippen MR) is 72.6 cm³/mol. The fraction of sp³-hybridized carbons (Fsp3) is 0.0625. The number of hydrogen-bond donors (Lipinski definition) is 1. The fourth-order valence-corrected chi connectivity index (χ4v) is 1.81. The van der Waals surface area contributed by atoms with Gasteiger partial charge < -0.3 is 5.11 Å². The van der Waals surface area contributed by atoms with E-state index in [0.717, 1.165) is 5.56 Å². The molecule has 0 fully saturated rings. The third-order valence-corrected chi connectivity index (χ3v) is 2.88. The molecule has 2 rings (SSSR count). The SMILES string of the molecule is N#Cc1ccc(CC(=O)c2cccc(C(=O)O)c2)cc1. The van der Waals surface area contributed by atoms with Crippen LogP contribution in [0.15, 0.2) is 48.5 Å². The van der Waals surface area contributed by atoms with Crippen molar-refractivity contribution in [2.75, 3.05) is 0 Å². The smallest absolute Gasteiger partial charge is 0.335 e. The fourth-order valence-electron chi connectivity index (χ4n) is 1.81. The van der Waals surface area contributed by atoms with Crippen molar-refractivity contribution in [3.63, 3.8) is 0 Å². The molecule has 0 heterocycles. The predicted octanol–water partition coefficient (Wildman–Crippen LogP) is 2.68. The summed E-state index contributed by atoms with van der Waals surface area (Å²) in [4.78, 5) is 22.9. The summed E-state index contributed by atoms with van der Waals surface area (Å²) in [5, 5.41) is 17.6. The van der Waals surface area contributed by atoms with Crippen molar-refractivity contribution >= 4 is 11.8 Å². The van der Waals surface area contributed by atoms with Crippen LogP contribution < -0.4 is 0 Å². The normalized spacial score (nSPS) is 9.75. The van der Waals surface area contributed by atoms with Gasteiger partial charge in [0.2, 0.25) is 0 Å². The summed E-state index contributed by atoms with van der Waals surface area (Å²) in [5.41, 5.74) is 1.79. The van der Waals surface area contributed by atoms with Crippen LogP contribution in [0, 0.1) is 11.3 Å². The van der Waals surface area contributed by atoms with E-state index in [2.05, 4.69) is 0 Å². The van der Waals surface area contributed by atoms with Crippen molar-refractivity contribution < 1.29 is 14.7 Å². The highest BCUT2D eigenvalue weighted by Crippen LogP contribution is 2.11. The van der Waals surface area contributed by atoms with Crippen LogP contribution in [0.2, 0.25) is 0 Å². The van der Waals surface area contributed by atoms with Crippen molar-refractivity contribution in [3.05, 3.63) is 70.8 Å². The van der Waals surface area contributed by atoms with E-state index in [9.17, 15) is 9.59 Å². The van der Waals surface area contributed by atoms with E-state index in [1.165, 1.54) is 12.1 Å². The van der Waals surface area contributed by atoms with Crippen molar-refractivity contribution in [2.24, 2.45) is 0 Å². The van der Waals surface area contributed by atoms with Crippen LogP contribution in [-0.4, -0.2) is 16.9 Å². The number of carbonyl (C=O) groups is 2. The Kier molecular flexibility index (Phi) is 3.92. The summed E-state index contributed by atoms with van der Waals surface area (Å²) >= 11 is 0. The van der Waals surface area contributed by atoms with Crippen LogP contribution in [0.1, 0.15) is 31.8 Å². The topological polar surface area (TPSA) is 78.2 Å². The van der Waals surface area contributed by atoms with Crippen LogP contribution in [-0.2, 0) is 6.42 Å². The summed E-state index contributed by atoms with van der Waals surface area (Å²) in [6, 6.07) is 14.7. The van der Waals surface area contributed by atoms with E-state index in [4.69, 9.17) is 10.4 Å². The standard InChI is InChI=1S/C16H11NO3/c17-10-12-6-4-11(5-7-12)8-15(18)13-2-1-3-14(9-13)16(19)20/h1-7,9H,8H2,(H,19,20). The lowest BCUT2D eigenvalue weighted by molar-refractivity contribution is 0.0697. The maximum atomic E-state index is 12.1. The molecular weight excluding hydrogens is 254 g/mol. The largest absolute Gasteiger partial charge is 0.478 e. The number of hydrogen-bond acceptors (Lipinski definition) is 3. The van der Waals surface area contributed by atoms with Gasteiger partial charge in [0.25, 0.3) is 0 Å². The van der Waals surface area contributed by atoms with Crippen LogP contribution in [0.3, 0.4) is 0 Å². The number of aromatic carboxylic acids is 1. The van der Waals surface area contributed by atoms with E-state index < -0.39 is 5.97 Å².